The molecule has 0 saturated carbocycles. The Kier molecular flexibility index (Phi) is 4.18. The summed E-state index contributed by atoms with van der Waals surface area (Å²) in [5.74, 6) is -0.330. The number of carbonyl (C=O) groups is 1. The van der Waals surface area contributed by atoms with Gasteiger partial charge >= 0.3 is 0 Å². The third-order valence-corrected chi connectivity index (χ3v) is 3.12. The third kappa shape index (κ3) is 2.72. The molecule has 0 N–H and O–H groups in total. The van der Waals surface area contributed by atoms with E-state index in [1.54, 1.807) is 31.2 Å². The van der Waals surface area contributed by atoms with Crippen molar-refractivity contribution in [2.45, 2.75) is 20.8 Å². The fraction of sp³-hybridized carbons (Fsp3) is 0.235. The molecule has 0 heterocycles. The van der Waals surface area contributed by atoms with E-state index in [2.05, 4.69) is 0 Å². The second-order valence-electron chi connectivity index (χ2n) is 4.70. The molecule has 0 aliphatic carbocycles. The Morgan fingerprint density at radius 3 is 2.60 bits per heavy atom. The van der Waals surface area contributed by atoms with Crippen LogP contribution < -0.4 is 4.74 Å². The second kappa shape index (κ2) is 5.87. The summed E-state index contributed by atoms with van der Waals surface area (Å²) >= 11 is 0. The van der Waals surface area contributed by atoms with Crippen molar-refractivity contribution in [2.24, 2.45) is 0 Å². The molecule has 0 unspecified atom stereocenters. The predicted molar refractivity (Wildman–Crippen MR) is 76.9 cm³/mol. The lowest BCUT2D eigenvalue weighted by atomic mass is 9.98. The van der Waals surface area contributed by atoms with Gasteiger partial charge in [0.25, 0.3) is 0 Å². The van der Waals surface area contributed by atoms with Crippen LogP contribution in [0.3, 0.4) is 0 Å². The van der Waals surface area contributed by atoms with Gasteiger partial charge in [-0.1, -0.05) is 23.8 Å². The summed E-state index contributed by atoms with van der Waals surface area (Å²) in [5, 5.41) is 0. The highest BCUT2D eigenvalue weighted by Crippen LogP contribution is 2.25. The molecular weight excluding hydrogens is 255 g/mol. The van der Waals surface area contributed by atoms with Crippen LogP contribution in [0.2, 0.25) is 0 Å². The van der Waals surface area contributed by atoms with Crippen molar-refractivity contribution in [1.82, 2.24) is 0 Å². The third-order valence-electron chi connectivity index (χ3n) is 3.12. The Morgan fingerprint density at radius 2 is 1.90 bits per heavy atom. The maximum atomic E-state index is 14.1. The summed E-state index contributed by atoms with van der Waals surface area (Å²) in [6.45, 7) is 5.84. The normalized spacial score (nSPS) is 10.4. The lowest BCUT2D eigenvalue weighted by Gasteiger charge is -2.11. The fourth-order valence-electron chi connectivity index (χ4n) is 2.07. The van der Waals surface area contributed by atoms with Crippen LogP contribution in [0.25, 0.3) is 0 Å². The minimum atomic E-state index is -0.471. The van der Waals surface area contributed by atoms with Gasteiger partial charge in [-0.25, -0.2) is 4.39 Å². The molecule has 0 spiro atoms. The summed E-state index contributed by atoms with van der Waals surface area (Å²) in [5.41, 5.74) is 1.87. The molecule has 0 fully saturated rings. The summed E-state index contributed by atoms with van der Waals surface area (Å²) in [4.78, 5) is 12.5. The van der Waals surface area contributed by atoms with Crippen LogP contribution in [0.1, 0.15) is 34.0 Å². The SMILES string of the molecule is CCOc1ccc(C)cc1C(=O)c1cccc(C)c1F. The lowest BCUT2D eigenvalue weighted by Crippen LogP contribution is -2.08. The van der Waals surface area contributed by atoms with E-state index in [0.29, 0.717) is 23.5 Å². The predicted octanol–water partition coefficient (Wildman–Crippen LogP) is 4.07. The molecule has 20 heavy (non-hydrogen) atoms. The molecule has 0 saturated heterocycles. The van der Waals surface area contributed by atoms with Crippen LogP contribution in [0, 0.1) is 19.7 Å². The number of rotatable bonds is 4. The highest BCUT2D eigenvalue weighted by atomic mass is 19.1. The van der Waals surface area contributed by atoms with E-state index in [9.17, 15) is 9.18 Å². The molecule has 0 aliphatic rings. The van der Waals surface area contributed by atoms with Gasteiger partial charge in [0.2, 0.25) is 0 Å². The first-order valence-corrected chi connectivity index (χ1v) is 6.58. The first-order chi connectivity index (χ1) is 9.54. The molecule has 2 aromatic carbocycles. The molecule has 2 aromatic rings. The average Bonchev–Trinajstić information content (AvgIpc) is 2.43. The zero-order valence-electron chi connectivity index (χ0n) is 11.9. The van der Waals surface area contributed by atoms with Crippen molar-refractivity contribution >= 4 is 5.78 Å². The highest BCUT2D eigenvalue weighted by molar-refractivity contribution is 6.11. The van der Waals surface area contributed by atoms with Crippen molar-refractivity contribution < 1.29 is 13.9 Å². The average molecular weight is 272 g/mol. The summed E-state index contributed by atoms with van der Waals surface area (Å²) in [7, 11) is 0. The van der Waals surface area contributed by atoms with Crippen molar-refractivity contribution in [2.75, 3.05) is 6.61 Å². The van der Waals surface area contributed by atoms with Crippen LogP contribution in [-0.2, 0) is 0 Å². The summed E-state index contributed by atoms with van der Waals surface area (Å²) in [6, 6.07) is 10.2. The second-order valence-corrected chi connectivity index (χ2v) is 4.70. The Labute approximate surface area is 118 Å². The van der Waals surface area contributed by atoms with Crippen molar-refractivity contribution in [1.29, 1.82) is 0 Å². The van der Waals surface area contributed by atoms with E-state index >= 15 is 0 Å². The van der Waals surface area contributed by atoms with E-state index in [1.165, 1.54) is 6.07 Å². The van der Waals surface area contributed by atoms with Gasteiger partial charge in [-0.2, -0.15) is 0 Å². The van der Waals surface area contributed by atoms with Gasteiger partial charge < -0.3 is 4.74 Å². The van der Waals surface area contributed by atoms with Gasteiger partial charge in [-0.3, -0.25) is 4.79 Å². The lowest BCUT2D eigenvalue weighted by molar-refractivity contribution is 0.103. The Balaban J connectivity index is 2.52. The van der Waals surface area contributed by atoms with E-state index in [0.717, 1.165) is 5.56 Å². The quantitative estimate of drug-likeness (QED) is 0.784. The number of hydrogen-bond acceptors (Lipinski definition) is 2. The number of carbonyl (C=O) groups excluding carboxylic acids is 1. The monoisotopic (exact) mass is 272 g/mol. The van der Waals surface area contributed by atoms with Crippen LogP contribution in [0.4, 0.5) is 4.39 Å². The van der Waals surface area contributed by atoms with Crippen LogP contribution >= 0.6 is 0 Å². The molecule has 0 aliphatic heterocycles. The first-order valence-electron chi connectivity index (χ1n) is 6.58. The zero-order chi connectivity index (χ0) is 14.7. The summed E-state index contributed by atoms with van der Waals surface area (Å²) < 4.78 is 19.6. The maximum Gasteiger partial charge on any atom is 0.199 e. The van der Waals surface area contributed by atoms with Gasteiger partial charge in [-0.15, -0.1) is 0 Å². The smallest absolute Gasteiger partial charge is 0.199 e. The minimum absolute atomic E-state index is 0.0801. The Bertz CT molecular complexity index is 647. The van der Waals surface area contributed by atoms with Gasteiger partial charge in [0.15, 0.2) is 5.78 Å². The maximum absolute atomic E-state index is 14.1. The topological polar surface area (TPSA) is 26.3 Å². The number of aryl methyl sites for hydroxylation is 2. The van der Waals surface area contributed by atoms with E-state index in [1.807, 2.05) is 19.9 Å². The molecule has 0 bridgehead atoms. The van der Waals surface area contributed by atoms with E-state index < -0.39 is 5.82 Å². The molecule has 3 heteroatoms. The highest BCUT2D eigenvalue weighted by Gasteiger charge is 2.19. The molecule has 0 aromatic heterocycles. The Morgan fingerprint density at radius 1 is 1.15 bits per heavy atom. The van der Waals surface area contributed by atoms with E-state index in [4.69, 9.17) is 4.74 Å². The van der Waals surface area contributed by atoms with Crippen LogP contribution in [-0.4, -0.2) is 12.4 Å². The molecule has 0 amide bonds. The number of ether oxygens (including phenoxy) is 1. The molecule has 104 valence electrons. The van der Waals surface area contributed by atoms with Gasteiger partial charge in [0.1, 0.15) is 11.6 Å². The number of halogens is 1. The molecule has 2 nitrogen and oxygen atoms in total. The largest absolute Gasteiger partial charge is 0.493 e. The number of hydrogen-bond donors (Lipinski definition) is 0. The minimum Gasteiger partial charge on any atom is -0.493 e. The molecular formula is C17H17FO2. The first kappa shape index (κ1) is 14.3. The van der Waals surface area contributed by atoms with Gasteiger partial charge in [0, 0.05) is 0 Å². The van der Waals surface area contributed by atoms with Crippen molar-refractivity contribution in [3.05, 3.63) is 64.5 Å². The Hall–Kier alpha value is -2.16. The molecule has 2 rings (SSSR count). The van der Waals surface area contributed by atoms with Crippen LogP contribution in [0.15, 0.2) is 36.4 Å². The molecule has 0 atom stereocenters. The zero-order valence-corrected chi connectivity index (χ0v) is 11.9. The number of ketones is 1. The van der Waals surface area contributed by atoms with Crippen LogP contribution in [0.5, 0.6) is 5.75 Å². The van der Waals surface area contributed by atoms with Gasteiger partial charge in [-0.05, 0) is 44.5 Å². The fourth-order valence-corrected chi connectivity index (χ4v) is 2.07. The van der Waals surface area contributed by atoms with Gasteiger partial charge in [0.05, 0.1) is 17.7 Å². The van der Waals surface area contributed by atoms with Crippen molar-refractivity contribution in [3.63, 3.8) is 0 Å². The van der Waals surface area contributed by atoms with Crippen molar-refractivity contribution in [3.8, 4) is 5.75 Å². The van der Waals surface area contributed by atoms with E-state index in [-0.39, 0.29) is 11.3 Å². The number of benzene rings is 2. The summed E-state index contributed by atoms with van der Waals surface area (Å²) in [6.07, 6.45) is 0. The standard InChI is InChI=1S/C17H17FO2/c1-4-20-15-9-8-11(2)10-14(15)17(19)13-7-5-6-12(3)16(13)18/h5-10H,4H2,1-3H3. The molecule has 0 radical (unpaired) electrons.